The molecule has 0 nitrogen and oxygen atoms in total. The smallest absolute Gasteiger partial charge is 0.200 e. The third kappa shape index (κ3) is 8.54. The third-order valence-electron chi connectivity index (χ3n) is 5.45. The van der Waals surface area contributed by atoms with Crippen molar-refractivity contribution in [1.29, 1.82) is 0 Å². The Kier molecular flexibility index (Phi) is 12.9. The average molecular weight is 494 g/mol. The van der Waals surface area contributed by atoms with E-state index in [2.05, 4.69) is 6.92 Å². The second kappa shape index (κ2) is 13.2. The van der Waals surface area contributed by atoms with Crippen molar-refractivity contribution >= 4 is 0 Å². The lowest BCUT2D eigenvalue weighted by molar-refractivity contribution is -0.422. The van der Waals surface area contributed by atoms with Crippen LogP contribution in [-0.2, 0) is 0 Å². The van der Waals surface area contributed by atoms with Crippen molar-refractivity contribution in [3.63, 3.8) is 0 Å². The molecule has 0 rings (SSSR count). The standard InChI is InChI=1S/C21H33F11/c1-2-3-4-5-6-7-8-9-10-11-12-13-14-15-16-17(22,23)18(24,25)19(26,27)20(28,29)21(30,31)32/h2-16H2,1H3. The maximum Gasteiger partial charge on any atom is 0.460 e. The first-order valence-corrected chi connectivity index (χ1v) is 11.1. The minimum Gasteiger partial charge on any atom is -0.200 e. The van der Waals surface area contributed by atoms with Crippen LogP contribution >= 0.6 is 0 Å². The molecule has 0 saturated heterocycles. The van der Waals surface area contributed by atoms with Gasteiger partial charge >= 0.3 is 29.9 Å². The number of hydrogen-bond donors (Lipinski definition) is 0. The molecule has 11 heteroatoms. The molecule has 0 aromatic rings. The summed E-state index contributed by atoms with van der Waals surface area (Å²) in [5.41, 5.74) is 0. The molecule has 0 unspecified atom stereocenters. The highest BCUT2D eigenvalue weighted by Gasteiger charge is 2.86. The van der Waals surface area contributed by atoms with Gasteiger partial charge in [0, 0.05) is 6.42 Å². The lowest BCUT2D eigenvalue weighted by atomic mass is 9.94. The molecule has 0 amide bonds. The van der Waals surface area contributed by atoms with Crippen LogP contribution in [0.25, 0.3) is 0 Å². The first-order chi connectivity index (χ1) is 14.6. The Morgan fingerprint density at radius 2 is 0.688 bits per heavy atom. The highest BCUT2D eigenvalue weighted by atomic mass is 19.4. The van der Waals surface area contributed by atoms with E-state index in [-0.39, 0.29) is 6.42 Å². The molecule has 0 saturated carbocycles. The van der Waals surface area contributed by atoms with Crippen LogP contribution in [0.3, 0.4) is 0 Å². The summed E-state index contributed by atoms with van der Waals surface area (Å²) in [7, 11) is 0. The number of alkyl halides is 11. The molecule has 0 aliphatic carbocycles. The Bertz CT molecular complexity index is 498. The maximum absolute atomic E-state index is 13.5. The number of hydrogen-bond acceptors (Lipinski definition) is 0. The highest BCUT2D eigenvalue weighted by molar-refractivity contribution is 5.06. The Morgan fingerprint density at radius 1 is 0.375 bits per heavy atom. The van der Waals surface area contributed by atoms with Gasteiger partial charge in [0.25, 0.3) is 0 Å². The molecule has 0 aromatic heterocycles. The fraction of sp³-hybridized carbons (Fsp3) is 1.00. The van der Waals surface area contributed by atoms with Crippen LogP contribution in [0.15, 0.2) is 0 Å². The zero-order chi connectivity index (χ0) is 25.1. The van der Waals surface area contributed by atoms with E-state index in [1.54, 1.807) is 0 Å². The van der Waals surface area contributed by atoms with Gasteiger partial charge in [-0.3, -0.25) is 0 Å². The van der Waals surface area contributed by atoms with E-state index in [0.29, 0.717) is 12.8 Å². The van der Waals surface area contributed by atoms with E-state index in [9.17, 15) is 48.3 Å². The predicted molar refractivity (Wildman–Crippen MR) is 101 cm³/mol. The summed E-state index contributed by atoms with van der Waals surface area (Å²) in [5.74, 6) is -27.2. The predicted octanol–water partition coefficient (Wildman–Crippen LogP) is 9.96. The molecular weight excluding hydrogens is 461 g/mol. The van der Waals surface area contributed by atoms with Crippen LogP contribution in [0.1, 0.15) is 103 Å². The quantitative estimate of drug-likeness (QED) is 0.131. The topological polar surface area (TPSA) is 0 Å². The Morgan fingerprint density at radius 3 is 1.00 bits per heavy atom. The lowest BCUT2D eigenvalue weighted by Gasteiger charge is -2.37. The zero-order valence-electron chi connectivity index (χ0n) is 18.3. The van der Waals surface area contributed by atoms with Gasteiger partial charge in [-0.2, -0.15) is 48.3 Å². The van der Waals surface area contributed by atoms with Crippen LogP contribution in [0.2, 0.25) is 0 Å². The van der Waals surface area contributed by atoms with E-state index in [1.807, 2.05) is 0 Å². The molecule has 32 heavy (non-hydrogen) atoms. The first kappa shape index (κ1) is 31.2. The van der Waals surface area contributed by atoms with E-state index >= 15 is 0 Å². The second-order valence-corrected chi connectivity index (χ2v) is 8.27. The summed E-state index contributed by atoms with van der Waals surface area (Å²) < 4.78 is 142. The van der Waals surface area contributed by atoms with Gasteiger partial charge < -0.3 is 0 Å². The van der Waals surface area contributed by atoms with Gasteiger partial charge in [-0.1, -0.05) is 90.4 Å². The van der Waals surface area contributed by atoms with Crippen LogP contribution < -0.4 is 0 Å². The molecule has 0 N–H and O–H groups in total. The van der Waals surface area contributed by atoms with Crippen LogP contribution in [0, 0.1) is 0 Å². The summed E-state index contributed by atoms with van der Waals surface area (Å²) >= 11 is 0. The van der Waals surface area contributed by atoms with Crippen LogP contribution in [0.4, 0.5) is 48.3 Å². The zero-order valence-corrected chi connectivity index (χ0v) is 18.3. The number of rotatable bonds is 18. The number of unbranched alkanes of at least 4 members (excludes halogenated alkanes) is 13. The van der Waals surface area contributed by atoms with Gasteiger partial charge in [0.1, 0.15) is 0 Å². The fourth-order valence-electron chi connectivity index (χ4n) is 3.30. The molecule has 0 radical (unpaired) electrons. The summed E-state index contributed by atoms with van der Waals surface area (Å²) in [6.45, 7) is 2.14. The summed E-state index contributed by atoms with van der Waals surface area (Å²) in [6, 6.07) is 0. The van der Waals surface area contributed by atoms with Crippen molar-refractivity contribution in [2.75, 3.05) is 0 Å². The first-order valence-electron chi connectivity index (χ1n) is 11.1. The van der Waals surface area contributed by atoms with Crippen molar-refractivity contribution in [3.8, 4) is 0 Å². The van der Waals surface area contributed by atoms with Gasteiger partial charge in [-0.15, -0.1) is 0 Å². The van der Waals surface area contributed by atoms with E-state index in [0.717, 1.165) is 32.1 Å². The summed E-state index contributed by atoms with van der Waals surface area (Å²) in [4.78, 5) is 0. The minimum atomic E-state index is -7.30. The van der Waals surface area contributed by atoms with Crippen molar-refractivity contribution in [3.05, 3.63) is 0 Å². The van der Waals surface area contributed by atoms with Gasteiger partial charge in [0.05, 0.1) is 0 Å². The lowest BCUT2D eigenvalue weighted by Crippen LogP contribution is -2.66. The average Bonchev–Trinajstić information content (AvgIpc) is 2.66. The van der Waals surface area contributed by atoms with Gasteiger partial charge in [-0.05, 0) is 6.42 Å². The Balaban J connectivity index is 4.22. The van der Waals surface area contributed by atoms with Crippen LogP contribution in [-0.4, -0.2) is 29.9 Å². The van der Waals surface area contributed by atoms with E-state index in [4.69, 9.17) is 0 Å². The molecule has 0 fully saturated rings. The molecule has 194 valence electrons. The van der Waals surface area contributed by atoms with Crippen molar-refractivity contribution in [1.82, 2.24) is 0 Å². The maximum atomic E-state index is 13.5. The monoisotopic (exact) mass is 494 g/mol. The molecule has 0 aliphatic heterocycles. The summed E-state index contributed by atoms with van der Waals surface area (Å²) in [6.07, 6.45) is 2.07. The van der Waals surface area contributed by atoms with Gasteiger partial charge in [0.2, 0.25) is 0 Å². The highest BCUT2D eigenvalue weighted by Crippen LogP contribution is 2.58. The Hall–Kier alpha value is -0.770. The van der Waals surface area contributed by atoms with E-state index < -0.39 is 42.7 Å². The molecule has 0 atom stereocenters. The molecule has 0 heterocycles. The van der Waals surface area contributed by atoms with Gasteiger partial charge in [-0.25, -0.2) is 0 Å². The van der Waals surface area contributed by atoms with E-state index in [1.165, 1.54) is 32.1 Å². The molecule has 0 aliphatic rings. The minimum absolute atomic E-state index is 0.0513. The largest absolute Gasteiger partial charge is 0.460 e. The third-order valence-corrected chi connectivity index (χ3v) is 5.45. The molecule has 0 aromatic carbocycles. The molecular formula is C21H33F11. The Labute approximate surface area is 182 Å². The van der Waals surface area contributed by atoms with Crippen molar-refractivity contribution in [2.45, 2.75) is 133 Å². The molecule has 0 spiro atoms. The van der Waals surface area contributed by atoms with Crippen molar-refractivity contribution in [2.24, 2.45) is 0 Å². The SMILES string of the molecule is CCCCCCCCCCCCCCCCC(F)(F)C(F)(F)C(F)(F)C(F)(F)C(F)(F)F. The van der Waals surface area contributed by atoms with Gasteiger partial charge in [0.15, 0.2) is 0 Å². The fourth-order valence-corrected chi connectivity index (χ4v) is 3.30. The normalized spacial score (nSPS) is 14.2. The molecule has 0 bridgehead atoms. The number of halogens is 11. The van der Waals surface area contributed by atoms with Crippen molar-refractivity contribution < 1.29 is 48.3 Å². The second-order valence-electron chi connectivity index (χ2n) is 8.27. The summed E-state index contributed by atoms with van der Waals surface area (Å²) in [5, 5.41) is 0. The van der Waals surface area contributed by atoms with Crippen LogP contribution in [0.5, 0.6) is 0 Å².